The SMILES string of the molecule is CCNC(=NCC1(c2ccccc2OC)CCCC1)NC1CC2CCC1O2.I. The van der Waals surface area contributed by atoms with Gasteiger partial charge in [0.25, 0.3) is 0 Å². The molecule has 0 aromatic heterocycles. The van der Waals surface area contributed by atoms with Crippen LogP contribution in [0.2, 0.25) is 0 Å². The van der Waals surface area contributed by atoms with Crippen LogP contribution in [0.3, 0.4) is 0 Å². The van der Waals surface area contributed by atoms with Crippen LogP contribution in [0.1, 0.15) is 57.4 Å². The van der Waals surface area contributed by atoms with Gasteiger partial charge in [-0.3, -0.25) is 4.99 Å². The molecule has 1 aliphatic carbocycles. The molecule has 1 aromatic carbocycles. The van der Waals surface area contributed by atoms with Gasteiger partial charge in [-0.25, -0.2) is 0 Å². The molecule has 28 heavy (non-hydrogen) atoms. The summed E-state index contributed by atoms with van der Waals surface area (Å²) in [5.74, 6) is 1.92. The molecule has 0 radical (unpaired) electrons. The summed E-state index contributed by atoms with van der Waals surface area (Å²) in [5.41, 5.74) is 1.40. The number of methoxy groups -OCH3 is 1. The molecule has 3 unspecified atom stereocenters. The van der Waals surface area contributed by atoms with Gasteiger partial charge in [0.05, 0.1) is 31.9 Å². The summed E-state index contributed by atoms with van der Waals surface area (Å²) in [7, 11) is 1.77. The van der Waals surface area contributed by atoms with Gasteiger partial charge in [0, 0.05) is 17.5 Å². The van der Waals surface area contributed by atoms with Crippen LogP contribution in [0.25, 0.3) is 0 Å². The molecule has 2 N–H and O–H groups in total. The van der Waals surface area contributed by atoms with Crippen molar-refractivity contribution < 1.29 is 9.47 Å². The average molecular weight is 499 g/mol. The highest BCUT2D eigenvalue weighted by molar-refractivity contribution is 14.0. The number of fused-ring (bicyclic) bond motifs is 2. The number of hydrogen-bond acceptors (Lipinski definition) is 3. The predicted molar refractivity (Wildman–Crippen MR) is 124 cm³/mol. The van der Waals surface area contributed by atoms with Gasteiger partial charge in [0.1, 0.15) is 5.75 Å². The van der Waals surface area contributed by atoms with Gasteiger partial charge in [-0.05, 0) is 45.1 Å². The third-order valence-electron chi connectivity index (χ3n) is 6.55. The largest absolute Gasteiger partial charge is 0.496 e. The molecule has 3 fully saturated rings. The molecule has 0 spiro atoms. The van der Waals surface area contributed by atoms with Gasteiger partial charge >= 0.3 is 0 Å². The summed E-state index contributed by atoms with van der Waals surface area (Å²) >= 11 is 0. The summed E-state index contributed by atoms with van der Waals surface area (Å²) in [6.07, 6.45) is 9.17. The Morgan fingerprint density at radius 2 is 2.04 bits per heavy atom. The first-order chi connectivity index (χ1) is 13.2. The minimum Gasteiger partial charge on any atom is -0.496 e. The van der Waals surface area contributed by atoms with Crippen molar-refractivity contribution in [2.75, 3.05) is 20.2 Å². The lowest BCUT2D eigenvalue weighted by molar-refractivity contribution is 0.0992. The summed E-state index contributed by atoms with van der Waals surface area (Å²) in [6, 6.07) is 8.87. The zero-order valence-electron chi connectivity index (χ0n) is 17.1. The normalized spacial score (nSPS) is 28.1. The molecule has 1 aromatic rings. The topological polar surface area (TPSA) is 54.9 Å². The maximum absolute atomic E-state index is 6.00. The smallest absolute Gasteiger partial charge is 0.191 e. The van der Waals surface area contributed by atoms with Crippen molar-refractivity contribution in [3.8, 4) is 5.75 Å². The van der Waals surface area contributed by atoms with Crippen LogP contribution >= 0.6 is 24.0 Å². The van der Waals surface area contributed by atoms with E-state index >= 15 is 0 Å². The molecule has 2 bridgehead atoms. The van der Waals surface area contributed by atoms with Crippen LogP contribution in [-0.2, 0) is 10.2 Å². The Morgan fingerprint density at radius 1 is 1.25 bits per heavy atom. The van der Waals surface area contributed by atoms with Crippen LogP contribution in [0.5, 0.6) is 5.75 Å². The van der Waals surface area contributed by atoms with Crippen molar-refractivity contribution in [3.63, 3.8) is 0 Å². The molecule has 1 saturated carbocycles. The number of hydrogen-bond donors (Lipinski definition) is 2. The summed E-state index contributed by atoms with van der Waals surface area (Å²) in [5, 5.41) is 7.09. The Kier molecular flexibility index (Phi) is 7.48. The fourth-order valence-corrected chi connectivity index (χ4v) is 5.16. The number of rotatable bonds is 6. The number of para-hydroxylation sites is 1. The number of aliphatic imine (C=N–C) groups is 1. The number of nitrogens with zero attached hydrogens (tertiary/aromatic N) is 1. The highest BCUT2D eigenvalue weighted by Gasteiger charge is 2.41. The first kappa shape index (κ1) is 21.7. The number of benzene rings is 1. The van der Waals surface area contributed by atoms with Crippen LogP contribution in [0.4, 0.5) is 0 Å². The molecule has 2 aliphatic heterocycles. The van der Waals surface area contributed by atoms with E-state index in [4.69, 9.17) is 14.5 Å². The zero-order valence-corrected chi connectivity index (χ0v) is 19.4. The molecule has 4 rings (SSSR count). The van der Waals surface area contributed by atoms with Gasteiger partial charge < -0.3 is 20.1 Å². The Morgan fingerprint density at radius 3 is 2.68 bits per heavy atom. The van der Waals surface area contributed by atoms with E-state index in [0.29, 0.717) is 18.2 Å². The van der Waals surface area contributed by atoms with Crippen LogP contribution < -0.4 is 15.4 Å². The second kappa shape index (κ2) is 9.65. The Labute approximate surface area is 186 Å². The van der Waals surface area contributed by atoms with Crippen molar-refractivity contribution >= 4 is 29.9 Å². The third-order valence-corrected chi connectivity index (χ3v) is 6.55. The van der Waals surface area contributed by atoms with Crippen molar-refractivity contribution in [2.24, 2.45) is 4.99 Å². The Bertz CT molecular complexity index is 676. The fourth-order valence-electron chi connectivity index (χ4n) is 5.16. The summed E-state index contributed by atoms with van der Waals surface area (Å²) < 4.78 is 11.7. The molecule has 3 atom stereocenters. The predicted octanol–water partition coefficient (Wildman–Crippen LogP) is 4.00. The molecule has 2 saturated heterocycles. The zero-order chi connectivity index (χ0) is 18.7. The highest BCUT2D eigenvalue weighted by atomic mass is 127. The molecule has 6 heteroatoms. The van der Waals surface area contributed by atoms with E-state index in [9.17, 15) is 0 Å². The van der Waals surface area contributed by atoms with Gasteiger partial charge in [-0.15, -0.1) is 24.0 Å². The molecule has 0 amide bonds. The second-order valence-electron chi connectivity index (χ2n) is 8.24. The third kappa shape index (κ3) is 4.42. The lowest BCUT2D eigenvalue weighted by Gasteiger charge is -2.30. The van der Waals surface area contributed by atoms with Crippen molar-refractivity contribution in [1.29, 1.82) is 0 Å². The summed E-state index contributed by atoms with van der Waals surface area (Å²) in [4.78, 5) is 5.05. The van der Waals surface area contributed by atoms with Gasteiger partial charge in [-0.1, -0.05) is 31.0 Å². The number of halogens is 1. The van der Waals surface area contributed by atoms with Crippen molar-refractivity contribution in [2.45, 2.75) is 75.5 Å². The van der Waals surface area contributed by atoms with E-state index in [1.807, 2.05) is 0 Å². The van der Waals surface area contributed by atoms with E-state index in [0.717, 1.165) is 31.2 Å². The number of guanidine groups is 1. The number of nitrogens with one attached hydrogen (secondary N) is 2. The van der Waals surface area contributed by atoms with Gasteiger partial charge in [-0.2, -0.15) is 0 Å². The lowest BCUT2D eigenvalue weighted by atomic mass is 9.78. The monoisotopic (exact) mass is 499 g/mol. The van der Waals surface area contributed by atoms with Gasteiger partial charge in [0.15, 0.2) is 5.96 Å². The van der Waals surface area contributed by atoms with Crippen molar-refractivity contribution in [1.82, 2.24) is 10.6 Å². The van der Waals surface area contributed by atoms with E-state index in [2.05, 4.69) is 41.8 Å². The molecular weight excluding hydrogens is 465 g/mol. The van der Waals surface area contributed by atoms with E-state index in [1.54, 1.807) is 7.11 Å². The van der Waals surface area contributed by atoms with Crippen LogP contribution in [0, 0.1) is 0 Å². The Balaban J connectivity index is 0.00000225. The average Bonchev–Trinajstić information content (AvgIpc) is 3.44. The lowest BCUT2D eigenvalue weighted by Crippen LogP contribution is -2.48. The minimum absolute atomic E-state index is 0. The second-order valence-corrected chi connectivity index (χ2v) is 8.24. The highest BCUT2D eigenvalue weighted by Crippen LogP contribution is 2.45. The molecule has 2 heterocycles. The number of ether oxygens (including phenoxy) is 2. The van der Waals surface area contributed by atoms with Crippen LogP contribution in [0.15, 0.2) is 29.3 Å². The van der Waals surface area contributed by atoms with Crippen LogP contribution in [-0.4, -0.2) is 44.4 Å². The quantitative estimate of drug-likeness (QED) is 0.353. The first-order valence-corrected chi connectivity index (χ1v) is 10.6. The maximum atomic E-state index is 6.00. The van der Waals surface area contributed by atoms with E-state index in [-0.39, 0.29) is 29.4 Å². The van der Waals surface area contributed by atoms with Gasteiger partial charge in [0.2, 0.25) is 0 Å². The standard InChI is InChI=1S/C22H33N3O2.HI/c1-3-23-21(25-18-14-16-10-11-20(18)27-16)24-15-22(12-6-7-13-22)17-8-4-5-9-19(17)26-2;/h4-5,8-9,16,18,20H,3,6-7,10-15H2,1-2H3,(H2,23,24,25);1H. The molecular formula is C22H34IN3O2. The maximum Gasteiger partial charge on any atom is 0.191 e. The fraction of sp³-hybridized carbons (Fsp3) is 0.682. The van der Waals surface area contributed by atoms with Crippen molar-refractivity contribution in [3.05, 3.63) is 29.8 Å². The Hall–Kier alpha value is -1.02. The molecule has 3 aliphatic rings. The molecule has 5 nitrogen and oxygen atoms in total. The van der Waals surface area contributed by atoms with E-state index < -0.39 is 0 Å². The summed E-state index contributed by atoms with van der Waals surface area (Å²) in [6.45, 7) is 3.79. The minimum atomic E-state index is 0. The molecule has 156 valence electrons. The van der Waals surface area contributed by atoms with E-state index in [1.165, 1.54) is 44.1 Å². The first-order valence-electron chi connectivity index (χ1n) is 10.6.